The molecule has 0 spiro atoms. The average Bonchev–Trinajstić information content (AvgIpc) is 3.51. The highest BCUT2D eigenvalue weighted by molar-refractivity contribution is 6.07. The van der Waals surface area contributed by atoms with E-state index in [1.54, 1.807) is 6.20 Å². The standard InChI is InChI=1S/C33H42N4O5/c1-33(2,3)42-32(39)36-18-23-10-8-22(9-11-23)17-35-31(38)27-16-29(37-28-7-5-4-6-26(27)28)25-12-13-30(34-19-25)41-21-24-14-15-40-20-24/h4-7,12-13,16,19,22-24H,8-11,14-15,17-18,20-21H2,1-3H3,(H,35,38)(H,36,39)/t22-,23-,24?. The van der Waals surface area contributed by atoms with Crippen molar-refractivity contribution in [2.75, 3.05) is 32.9 Å². The summed E-state index contributed by atoms with van der Waals surface area (Å²) >= 11 is 0. The van der Waals surface area contributed by atoms with Crippen molar-refractivity contribution >= 4 is 22.9 Å². The Kier molecular flexibility index (Phi) is 9.57. The first kappa shape index (κ1) is 29.8. The molecule has 3 heterocycles. The Morgan fingerprint density at radius 1 is 0.952 bits per heavy atom. The third-order valence-corrected chi connectivity index (χ3v) is 7.94. The summed E-state index contributed by atoms with van der Waals surface area (Å²) in [5.74, 6) is 1.71. The predicted molar refractivity (Wildman–Crippen MR) is 161 cm³/mol. The van der Waals surface area contributed by atoms with Crippen LogP contribution in [0, 0.1) is 17.8 Å². The molecule has 9 nitrogen and oxygen atoms in total. The van der Waals surface area contributed by atoms with Gasteiger partial charge in [0.1, 0.15) is 5.60 Å². The van der Waals surface area contributed by atoms with Crippen molar-refractivity contribution in [2.24, 2.45) is 17.8 Å². The molecule has 5 rings (SSSR count). The number of ether oxygens (including phenoxy) is 3. The molecule has 224 valence electrons. The number of hydrogen-bond acceptors (Lipinski definition) is 7. The number of pyridine rings is 2. The normalized spacial score (nSPS) is 20.7. The van der Waals surface area contributed by atoms with E-state index in [4.69, 9.17) is 19.2 Å². The number of rotatable bonds is 9. The van der Waals surface area contributed by atoms with Gasteiger partial charge in [-0.2, -0.15) is 0 Å². The smallest absolute Gasteiger partial charge is 0.407 e. The number of alkyl carbamates (subject to hydrolysis) is 1. The lowest BCUT2D eigenvalue weighted by Crippen LogP contribution is -2.37. The molecule has 2 fully saturated rings. The number of fused-ring (bicyclic) bond motifs is 1. The molecule has 0 bridgehead atoms. The zero-order chi connectivity index (χ0) is 29.5. The number of para-hydroxylation sites is 1. The Balaban J connectivity index is 1.17. The molecule has 2 aliphatic rings. The fourth-order valence-electron chi connectivity index (χ4n) is 5.56. The van der Waals surface area contributed by atoms with Gasteiger partial charge >= 0.3 is 6.09 Å². The summed E-state index contributed by atoms with van der Waals surface area (Å²) in [5.41, 5.74) is 2.39. The number of carbonyl (C=O) groups excluding carboxylic acids is 2. The summed E-state index contributed by atoms with van der Waals surface area (Å²) in [7, 11) is 0. The van der Waals surface area contributed by atoms with Gasteiger partial charge in [-0.25, -0.2) is 14.8 Å². The lowest BCUT2D eigenvalue weighted by Gasteiger charge is -2.29. The largest absolute Gasteiger partial charge is 0.477 e. The molecule has 0 radical (unpaired) electrons. The molecule has 1 aromatic carbocycles. The maximum Gasteiger partial charge on any atom is 0.407 e. The molecular weight excluding hydrogens is 532 g/mol. The molecule has 2 N–H and O–H groups in total. The first-order valence-electron chi connectivity index (χ1n) is 15.1. The van der Waals surface area contributed by atoms with Gasteiger partial charge < -0.3 is 24.8 Å². The average molecular weight is 575 g/mol. The second kappa shape index (κ2) is 13.5. The van der Waals surface area contributed by atoms with Crippen LogP contribution >= 0.6 is 0 Å². The number of nitrogens with zero attached hydrogens (tertiary/aromatic N) is 2. The summed E-state index contributed by atoms with van der Waals surface area (Å²) in [6.07, 6.45) is 6.44. The second-order valence-corrected chi connectivity index (χ2v) is 12.5. The topological polar surface area (TPSA) is 112 Å². The van der Waals surface area contributed by atoms with Gasteiger partial charge in [0, 0.05) is 48.8 Å². The van der Waals surface area contributed by atoms with Crippen molar-refractivity contribution in [3.63, 3.8) is 0 Å². The van der Waals surface area contributed by atoms with E-state index in [0.717, 1.165) is 61.8 Å². The van der Waals surface area contributed by atoms with Gasteiger partial charge in [0.15, 0.2) is 0 Å². The molecule has 1 saturated carbocycles. The van der Waals surface area contributed by atoms with E-state index in [2.05, 4.69) is 15.6 Å². The summed E-state index contributed by atoms with van der Waals surface area (Å²) < 4.78 is 16.6. The van der Waals surface area contributed by atoms with Crippen LogP contribution < -0.4 is 15.4 Å². The Morgan fingerprint density at radius 3 is 2.36 bits per heavy atom. The van der Waals surface area contributed by atoms with Crippen LogP contribution in [0.1, 0.15) is 63.2 Å². The quantitative estimate of drug-likeness (QED) is 0.334. The SMILES string of the molecule is CC(C)(C)OC(=O)NC[C@H]1CC[C@H](CNC(=O)c2cc(-c3ccc(OCC4CCOC4)nc3)nc3ccccc23)CC1. The van der Waals surface area contributed by atoms with Gasteiger partial charge in [0.25, 0.3) is 5.91 Å². The van der Waals surface area contributed by atoms with Crippen LogP contribution in [-0.4, -0.2) is 60.5 Å². The number of nitrogens with one attached hydrogen (secondary N) is 2. The van der Waals surface area contributed by atoms with Crippen LogP contribution in [0.15, 0.2) is 48.7 Å². The van der Waals surface area contributed by atoms with Crippen molar-refractivity contribution < 1.29 is 23.8 Å². The molecule has 3 aromatic rings. The zero-order valence-electron chi connectivity index (χ0n) is 24.9. The first-order chi connectivity index (χ1) is 20.2. The van der Waals surface area contributed by atoms with Gasteiger partial charge in [-0.1, -0.05) is 18.2 Å². The number of carbonyl (C=O) groups is 2. The number of aromatic nitrogens is 2. The fraction of sp³-hybridized carbons (Fsp3) is 0.515. The number of amides is 2. The summed E-state index contributed by atoms with van der Waals surface area (Å²) in [6.45, 7) is 8.95. The summed E-state index contributed by atoms with van der Waals surface area (Å²) in [4.78, 5) is 34.7. The number of benzene rings is 1. The van der Waals surface area contributed by atoms with Gasteiger partial charge in [0.2, 0.25) is 5.88 Å². The Morgan fingerprint density at radius 2 is 1.69 bits per heavy atom. The van der Waals surface area contributed by atoms with E-state index in [0.29, 0.717) is 54.6 Å². The molecule has 2 aromatic heterocycles. The van der Waals surface area contributed by atoms with E-state index < -0.39 is 5.60 Å². The zero-order valence-corrected chi connectivity index (χ0v) is 24.9. The minimum absolute atomic E-state index is 0.102. The van der Waals surface area contributed by atoms with Crippen LogP contribution in [-0.2, 0) is 9.47 Å². The van der Waals surface area contributed by atoms with Crippen LogP contribution in [0.3, 0.4) is 0 Å². The molecule has 1 aliphatic carbocycles. The van der Waals surface area contributed by atoms with Gasteiger partial charge in [-0.3, -0.25) is 4.79 Å². The Hall–Kier alpha value is -3.72. The lowest BCUT2D eigenvalue weighted by atomic mass is 9.82. The molecule has 2 amide bonds. The molecule has 1 atom stereocenters. The van der Waals surface area contributed by atoms with Crippen LogP contribution in [0.25, 0.3) is 22.2 Å². The highest BCUT2D eigenvalue weighted by atomic mass is 16.6. The van der Waals surface area contributed by atoms with Crippen molar-refractivity contribution in [2.45, 2.75) is 58.5 Å². The fourth-order valence-corrected chi connectivity index (χ4v) is 5.56. The minimum Gasteiger partial charge on any atom is -0.477 e. The third kappa shape index (κ3) is 8.18. The summed E-state index contributed by atoms with van der Waals surface area (Å²) in [5, 5.41) is 6.90. The highest BCUT2D eigenvalue weighted by Gasteiger charge is 2.24. The lowest BCUT2D eigenvalue weighted by molar-refractivity contribution is 0.0512. The Labute approximate surface area is 247 Å². The molecular formula is C33H42N4O5. The molecule has 42 heavy (non-hydrogen) atoms. The molecule has 1 unspecified atom stereocenters. The van der Waals surface area contributed by atoms with Gasteiger partial charge in [-0.05, 0) is 82.9 Å². The van der Waals surface area contributed by atoms with Crippen molar-refractivity contribution in [3.05, 3.63) is 54.2 Å². The third-order valence-electron chi connectivity index (χ3n) is 7.94. The van der Waals surface area contributed by atoms with E-state index >= 15 is 0 Å². The van der Waals surface area contributed by atoms with Crippen molar-refractivity contribution in [1.29, 1.82) is 0 Å². The van der Waals surface area contributed by atoms with E-state index in [1.165, 1.54) is 0 Å². The number of hydrogen-bond donors (Lipinski definition) is 2. The van der Waals surface area contributed by atoms with E-state index in [9.17, 15) is 9.59 Å². The van der Waals surface area contributed by atoms with Crippen LogP contribution in [0.4, 0.5) is 4.79 Å². The van der Waals surface area contributed by atoms with Gasteiger partial charge in [-0.15, -0.1) is 0 Å². The highest BCUT2D eigenvalue weighted by Crippen LogP contribution is 2.29. The first-order valence-corrected chi connectivity index (χ1v) is 15.1. The maximum absolute atomic E-state index is 13.5. The minimum atomic E-state index is -0.498. The molecule has 1 saturated heterocycles. The van der Waals surface area contributed by atoms with E-state index in [1.807, 2.05) is 63.2 Å². The van der Waals surface area contributed by atoms with Crippen LogP contribution in [0.2, 0.25) is 0 Å². The Bertz CT molecular complexity index is 1360. The summed E-state index contributed by atoms with van der Waals surface area (Å²) in [6, 6.07) is 13.4. The molecule has 9 heteroatoms. The van der Waals surface area contributed by atoms with E-state index in [-0.39, 0.29) is 12.0 Å². The van der Waals surface area contributed by atoms with Gasteiger partial charge in [0.05, 0.1) is 30.0 Å². The maximum atomic E-state index is 13.5. The van der Waals surface area contributed by atoms with Crippen molar-refractivity contribution in [3.8, 4) is 17.1 Å². The molecule has 1 aliphatic heterocycles. The second-order valence-electron chi connectivity index (χ2n) is 12.5. The van der Waals surface area contributed by atoms with Crippen molar-refractivity contribution in [1.82, 2.24) is 20.6 Å². The predicted octanol–water partition coefficient (Wildman–Crippen LogP) is 5.77. The van der Waals surface area contributed by atoms with Crippen LogP contribution in [0.5, 0.6) is 5.88 Å². The monoisotopic (exact) mass is 574 g/mol.